The molecule has 0 bridgehead atoms. The van der Waals surface area contributed by atoms with E-state index in [1.54, 1.807) is 24.7 Å². The molecular formula is C28H34N2O4. The third-order valence-electron chi connectivity index (χ3n) is 7.81. The lowest BCUT2D eigenvalue weighted by Crippen LogP contribution is -2.56. The van der Waals surface area contributed by atoms with Crippen LogP contribution in [0.1, 0.15) is 56.6 Å². The van der Waals surface area contributed by atoms with Gasteiger partial charge in [-0.05, 0) is 86.7 Å². The maximum absolute atomic E-state index is 12.7. The van der Waals surface area contributed by atoms with E-state index in [4.69, 9.17) is 9.15 Å². The second kappa shape index (κ2) is 9.79. The number of piperidine rings is 1. The zero-order valence-electron chi connectivity index (χ0n) is 19.9. The molecule has 1 aromatic heterocycles. The number of likely N-dealkylation sites (tertiary alicyclic amines) is 1. The lowest BCUT2D eigenvalue weighted by Gasteiger charge is -2.53. The van der Waals surface area contributed by atoms with Crippen LogP contribution >= 0.6 is 0 Å². The van der Waals surface area contributed by atoms with Gasteiger partial charge >= 0.3 is 5.97 Å². The molecule has 3 atom stereocenters. The first-order chi connectivity index (χ1) is 16.5. The third-order valence-corrected chi connectivity index (χ3v) is 7.81. The molecule has 2 heterocycles. The van der Waals surface area contributed by atoms with E-state index in [9.17, 15) is 9.59 Å². The maximum atomic E-state index is 12.7. The summed E-state index contributed by atoms with van der Waals surface area (Å²) in [6, 6.07) is 10.0. The smallest absolute Gasteiger partial charge is 0.308 e. The summed E-state index contributed by atoms with van der Waals surface area (Å²) in [7, 11) is 0. The van der Waals surface area contributed by atoms with Gasteiger partial charge in [-0.15, -0.1) is 0 Å². The van der Waals surface area contributed by atoms with Crippen molar-refractivity contribution in [1.29, 1.82) is 0 Å². The van der Waals surface area contributed by atoms with Gasteiger partial charge in [-0.3, -0.25) is 9.59 Å². The average molecular weight is 463 g/mol. The minimum absolute atomic E-state index is 0.0271. The standard InChI is InChI=1S/C28H34N2O4/c1-20(31)34-26-4-2-3-23(15-26)28-12-13-30(17-21-5-6-21)18-24(28)8-9-25(16-28)29-27(32)10-7-22-11-14-33-19-22/h2-4,7,10-11,14-15,19,21,24-25H,5-6,8-9,12-13,16-18H2,1H3,(H,29,32)/b10-7+/t24-,25-,28+/m1/s1. The fraction of sp³-hybridized carbons (Fsp3) is 0.500. The minimum Gasteiger partial charge on any atom is -0.472 e. The number of esters is 1. The van der Waals surface area contributed by atoms with E-state index in [0.717, 1.165) is 50.3 Å². The summed E-state index contributed by atoms with van der Waals surface area (Å²) in [6.45, 7) is 4.84. The van der Waals surface area contributed by atoms with Crippen LogP contribution < -0.4 is 10.1 Å². The van der Waals surface area contributed by atoms with Gasteiger partial charge in [0, 0.05) is 43.1 Å². The van der Waals surface area contributed by atoms with Crippen molar-refractivity contribution >= 4 is 18.0 Å². The molecule has 2 aromatic rings. The molecule has 6 heteroatoms. The zero-order valence-corrected chi connectivity index (χ0v) is 19.9. The molecule has 0 radical (unpaired) electrons. The highest BCUT2D eigenvalue weighted by atomic mass is 16.5. The van der Waals surface area contributed by atoms with Crippen LogP contribution in [0.3, 0.4) is 0 Å². The zero-order chi connectivity index (χ0) is 23.5. The Morgan fingerprint density at radius 1 is 1.24 bits per heavy atom. The Labute approximate surface area is 201 Å². The van der Waals surface area contributed by atoms with Crippen LogP contribution in [-0.4, -0.2) is 42.5 Å². The summed E-state index contributed by atoms with van der Waals surface area (Å²) in [6.07, 6.45) is 13.4. The highest BCUT2D eigenvalue weighted by molar-refractivity contribution is 5.91. The van der Waals surface area contributed by atoms with Crippen LogP contribution in [0, 0.1) is 11.8 Å². The number of furan rings is 1. The molecule has 0 unspecified atom stereocenters. The Hall–Kier alpha value is -2.86. The first kappa shape index (κ1) is 22.9. The largest absolute Gasteiger partial charge is 0.472 e. The van der Waals surface area contributed by atoms with Crippen LogP contribution in [0.2, 0.25) is 0 Å². The second-order valence-corrected chi connectivity index (χ2v) is 10.3. The van der Waals surface area contributed by atoms with Crippen molar-refractivity contribution in [1.82, 2.24) is 10.2 Å². The second-order valence-electron chi connectivity index (χ2n) is 10.3. The molecule has 1 aliphatic heterocycles. The molecule has 3 fully saturated rings. The van der Waals surface area contributed by atoms with Crippen molar-refractivity contribution in [2.24, 2.45) is 11.8 Å². The van der Waals surface area contributed by atoms with Gasteiger partial charge in [0.1, 0.15) is 5.75 Å². The molecular weight excluding hydrogens is 428 g/mol. The Kier molecular flexibility index (Phi) is 6.59. The molecule has 6 nitrogen and oxygen atoms in total. The van der Waals surface area contributed by atoms with Gasteiger partial charge in [0.2, 0.25) is 5.91 Å². The molecule has 1 N–H and O–H groups in total. The number of nitrogens with zero attached hydrogens (tertiary/aromatic N) is 1. The number of fused-ring (bicyclic) bond motifs is 1. The van der Waals surface area contributed by atoms with Gasteiger partial charge < -0.3 is 19.4 Å². The van der Waals surface area contributed by atoms with E-state index in [1.165, 1.54) is 31.9 Å². The summed E-state index contributed by atoms with van der Waals surface area (Å²) in [5.41, 5.74) is 2.08. The van der Waals surface area contributed by atoms with E-state index >= 15 is 0 Å². The van der Waals surface area contributed by atoms with E-state index < -0.39 is 0 Å². The topological polar surface area (TPSA) is 71.8 Å². The number of carbonyl (C=O) groups excluding carboxylic acids is 2. The molecule has 1 saturated heterocycles. The quantitative estimate of drug-likeness (QED) is 0.371. The number of amides is 1. The SMILES string of the molecule is CC(=O)Oc1cccc([C@@]23CCN(CC4CC4)C[C@H]2CC[C@@H](NC(=O)/C=C/c2ccoc2)C3)c1. The highest BCUT2D eigenvalue weighted by Crippen LogP contribution is 2.50. The van der Waals surface area contributed by atoms with Crippen molar-refractivity contribution in [3.8, 4) is 5.75 Å². The summed E-state index contributed by atoms with van der Waals surface area (Å²) in [4.78, 5) is 26.9. The van der Waals surface area contributed by atoms with Crippen molar-refractivity contribution in [2.75, 3.05) is 19.6 Å². The third kappa shape index (κ3) is 5.27. The number of rotatable bonds is 7. The predicted molar refractivity (Wildman–Crippen MR) is 130 cm³/mol. The van der Waals surface area contributed by atoms with Gasteiger partial charge in [-0.1, -0.05) is 12.1 Å². The Bertz CT molecular complexity index is 1040. The molecule has 2 saturated carbocycles. The summed E-state index contributed by atoms with van der Waals surface area (Å²) in [5.74, 6) is 1.65. The van der Waals surface area contributed by atoms with Gasteiger partial charge in [0.25, 0.3) is 0 Å². The monoisotopic (exact) mass is 462 g/mol. The van der Waals surface area contributed by atoms with Gasteiger partial charge in [-0.25, -0.2) is 0 Å². The number of benzene rings is 1. The first-order valence-corrected chi connectivity index (χ1v) is 12.5. The summed E-state index contributed by atoms with van der Waals surface area (Å²) in [5, 5.41) is 3.25. The van der Waals surface area contributed by atoms with E-state index in [2.05, 4.69) is 16.3 Å². The fourth-order valence-corrected chi connectivity index (χ4v) is 6.00. The van der Waals surface area contributed by atoms with Gasteiger partial charge in [-0.2, -0.15) is 0 Å². The number of hydrogen-bond acceptors (Lipinski definition) is 5. The molecule has 1 aromatic carbocycles. The number of carbonyl (C=O) groups is 2. The Morgan fingerprint density at radius 2 is 2.12 bits per heavy atom. The van der Waals surface area contributed by atoms with Gasteiger partial charge in [0.05, 0.1) is 12.5 Å². The lowest BCUT2D eigenvalue weighted by molar-refractivity contribution is -0.131. The van der Waals surface area contributed by atoms with Crippen LogP contribution in [0.5, 0.6) is 5.75 Å². The van der Waals surface area contributed by atoms with Crippen molar-refractivity contribution < 1.29 is 18.7 Å². The molecule has 180 valence electrons. The number of nitrogens with one attached hydrogen (secondary N) is 1. The Morgan fingerprint density at radius 3 is 2.88 bits per heavy atom. The lowest BCUT2D eigenvalue weighted by atomic mass is 9.58. The predicted octanol–water partition coefficient (Wildman–Crippen LogP) is 4.56. The number of ether oxygens (including phenoxy) is 1. The van der Waals surface area contributed by atoms with Crippen molar-refractivity contribution in [2.45, 2.75) is 56.9 Å². The highest BCUT2D eigenvalue weighted by Gasteiger charge is 2.48. The van der Waals surface area contributed by atoms with Crippen LogP contribution in [0.15, 0.2) is 53.4 Å². The maximum Gasteiger partial charge on any atom is 0.308 e. The average Bonchev–Trinajstić information content (AvgIpc) is 3.47. The normalized spacial score (nSPS) is 27.3. The fourth-order valence-electron chi connectivity index (χ4n) is 6.00. The van der Waals surface area contributed by atoms with Crippen molar-refractivity contribution in [3.05, 3.63) is 60.1 Å². The molecule has 2 aliphatic carbocycles. The molecule has 1 amide bonds. The van der Waals surface area contributed by atoms with Crippen LogP contribution in [0.4, 0.5) is 0 Å². The molecule has 5 rings (SSSR count). The van der Waals surface area contributed by atoms with Gasteiger partial charge in [0.15, 0.2) is 0 Å². The van der Waals surface area contributed by atoms with Crippen LogP contribution in [0.25, 0.3) is 6.08 Å². The Balaban J connectivity index is 1.35. The molecule has 34 heavy (non-hydrogen) atoms. The van der Waals surface area contributed by atoms with E-state index in [-0.39, 0.29) is 23.3 Å². The summed E-state index contributed by atoms with van der Waals surface area (Å²) >= 11 is 0. The van der Waals surface area contributed by atoms with E-state index in [1.807, 2.05) is 24.3 Å². The minimum atomic E-state index is -0.302. The first-order valence-electron chi connectivity index (χ1n) is 12.5. The van der Waals surface area contributed by atoms with E-state index in [0.29, 0.717) is 11.7 Å². The summed E-state index contributed by atoms with van der Waals surface area (Å²) < 4.78 is 10.5. The number of hydrogen-bond donors (Lipinski definition) is 1. The van der Waals surface area contributed by atoms with Crippen LogP contribution in [-0.2, 0) is 15.0 Å². The van der Waals surface area contributed by atoms with Crippen molar-refractivity contribution in [3.63, 3.8) is 0 Å². The molecule has 0 spiro atoms. The molecule has 3 aliphatic rings.